The summed E-state index contributed by atoms with van der Waals surface area (Å²) in [5.41, 5.74) is 2.48. The van der Waals surface area contributed by atoms with E-state index in [0.717, 1.165) is 47.8 Å². The van der Waals surface area contributed by atoms with Gasteiger partial charge in [0.05, 0.1) is 29.0 Å². The van der Waals surface area contributed by atoms with Crippen molar-refractivity contribution < 1.29 is 38.7 Å². The Hall–Kier alpha value is -7.90. The number of amides is 4. The molecule has 0 radical (unpaired) electrons. The van der Waals surface area contributed by atoms with Crippen LogP contribution in [0.3, 0.4) is 0 Å². The lowest BCUT2D eigenvalue weighted by Gasteiger charge is -2.37. The van der Waals surface area contributed by atoms with Gasteiger partial charge in [-0.15, -0.1) is 0 Å². The molecule has 2 fully saturated rings. The number of nitrogens with zero attached hydrogens (tertiary/aromatic N) is 5. The van der Waals surface area contributed by atoms with Crippen LogP contribution in [0, 0.1) is 22.7 Å². The van der Waals surface area contributed by atoms with Crippen molar-refractivity contribution in [3.63, 3.8) is 0 Å². The number of aromatic nitrogens is 3. The van der Waals surface area contributed by atoms with Crippen LogP contribution in [0.4, 0.5) is 5.69 Å². The number of phenolic OH excluding ortho intramolecular Hbond substituents is 2. The van der Waals surface area contributed by atoms with E-state index < -0.39 is 48.0 Å². The molecule has 8 rings (SSSR count). The van der Waals surface area contributed by atoms with Crippen LogP contribution in [0.15, 0.2) is 116 Å². The van der Waals surface area contributed by atoms with Crippen molar-refractivity contribution in [2.24, 2.45) is 11.8 Å². The van der Waals surface area contributed by atoms with Crippen molar-refractivity contribution in [3.8, 4) is 11.5 Å². The zero-order chi connectivity index (χ0) is 56.8. The molecule has 0 saturated carbocycles. The lowest BCUT2D eigenvalue weighted by atomic mass is 9.73. The molecule has 4 amide bonds. The smallest absolute Gasteiger partial charge is 0.482 e. The maximum absolute atomic E-state index is 14.2. The Morgan fingerprint density at radius 1 is 0.873 bits per heavy atom. The third kappa shape index (κ3) is 12.8. The largest absolute Gasteiger partial charge is 0.508 e. The summed E-state index contributed by atoms with van der Waals surface area (Å²) in [4.78, 5) is 65.8. The molecule has 1 unspecified atom stereocenters. The molecule has 2 aromatic heterocycles. The lowest BCUT2D eigenvalue weighted by Crippen LogP contribution is -2.55. The summed E-state index contributed by atoms with van der Waals surface area (Å²) in [6, 6.07) is 26.2. The van der Waals surface area contributed by atoms with Crippen molar-refractivity contribution in [2.75, 3.05) is 24.5 Å². The first-order chi connectivity index (χ1) is 37.7. The molecule has 0 spiro atoms. The average molecular weight is 1070 g/mol. The summed E-state index contributed by atoms with van der Waals surface area (Å²) in [5.74, 6) is -2.98. The Balaban J connectivity index is 0.887. The second-order valence-electron chi connectivity index (χ2n) is 22.0. The van der Waals surface area contributed by atoms with E-state index in [0.29, 0.717) is 42.2 Å². The summed E-state index contributed by atoms with van der Waals surface area (Å²) in [7, 11) is -0.834. The van der Waals surface area contributed by atoms with Crippen LogP contribution >= 0.6 is 0 Å². The molecule has 0 aliphatic carbocycles. The van der Waals surface area contributed by atoms with Gasteiger partial charge in [-0.1, -0.05) is 70.2 Å². The third-order valence-electron chi connectivity index (χ3n) is 15.4. The van der Waals surface area contributed by atoms with E-state index in [1.165, 1.54) is 35.6 Å². The zero-order valence-electron chi connectivity index (χ0n) is 46.4. The molecule has 2 aliphatic heterocycles. The van der Waals surface area contributed by atoms with Gasteiger partial charge in [-0.2, -0.15) is 0 Å². The molecule has 4 heterocycles. The minimum absolute atomic E-state index is 0.0392. The van der Waals surface area contributed by atoms with Crippen molar-refractivity contribution in [1.82, 2.24) is 35.4 Å². The predicted molar refractivity (Wildman–Crippen MR) is 305 cm³/mol. The van der Waals surface area contributed by atoms with Crippen LogP contribution in [-0.4, -0.2) is 109 Å². The number of carbonyl (C=O) groups excluding carboxylic acids is 4. The molecule has 6 aromatic rings. The lowest BCUT2D eigenvalue weighted by molar-refractivity contribution is -0.123. The van der Waals surface area contributed by atoms with Crippen LogP contribution in [0.25, 0.3) is 10.9 Å². The van der Waals surface area contributed by atoms with E-state index in [9.17, 15) is 34.8 Å². The Kier molecular flexibility index (Phi) is 17.7. The van der Waals surface area contributed by atoms with E-state index in [1.54, 1.807) is 13.0 Å². The van der Waals surface area contributed by atoms with E-state index in [4.69, 9.17) is 14.7 Å². The van der Waals surface area contributed by atoms with Crippen LogP contribution in [0.2, 0.25) is 0 Å². The molecular weight excluding hydrogens is 1000 g/mol. The number of phenols is 2. The molecule has 7 N–H and O–H groups in total. The fourth-order valence-electron chi connectivity index (χ4n) is 10.6. The number of aromatic hydroxyl groups is 2. The highest BCUT2D eigenvalue weighted by atomic mass is 16.7. The molecule has 4 aromatic carbocycles. The molecule has 18 nitrogen and oxygen atoms in total. The minimum Gasteiger partial charge on any atom is -0.508 e. The average Bonchev–Trinajstić information content (AvgIpc) is 4.20. The van der Waals surface area contributed by atoms with Gasteiger partial charge in [0.1, 0.15) is 34.7 Å². The maximum atomic E-state index is 14.2. The van der Waals surface area contributed by atoms with Gasteiger partial charge in [0.25, 0.3) is 17.7 Å². The number of fused-ring (bicyclic) bond motifs is 1. The van der Waals surface area contributed by atoms with Gasteiger partial charge >= 0.3 is 7.12 Å². The second-order valence-corrected chi connectivity index (χ2v) is 22.0. The van der Waals surface area contributed by atoms with Gasteiger partial charge in [0.2, 0.25) is 5.91 Å². The highest BCUT2D eigenvalue weighted by Gasteiger charge is 2.57. The van der Waals surface area contributed by atoms with Gasteiger partial charge < -0.3 is 44.9 Å². The van der Waals surface area contributed by atoms with Gasteiger partial charge in [0.15, 0.2) is 5.84 Å². The Morgan fingerprint density at radius 2 is 1.59 bits per heavy atom. The summed E-state index contributed by atoms with van der Waals surface area (Å²) >= 11 is 0. The fourth-order valence-corrected chi connectivity index (χ4v) is 10.6. The van der Waals surface area contributed by atoms with Crippen molar-refractivity contribution in [1.29, 1.82) is 10.8 Å². The van der Waals surface area contributed by atoms with Crippen molar-refractivity contribution >= 4 is 59.0 Å². The molecule has 3 atom stereocenters. The SMILES string of the molecule is CCNC(=O)C(=N)N(C(=N)c1cc(C(C)C)c(O)cc1O)c1ccc2c(ccn2CCC2CCN(C(=O)c3ccc(C4(C)OB([C@H](CC(C)C)NC(=O)[C@H](Cc5ccccc5)NC(=O)c5cnccn5)OC4(C)C)cc3)CC2)c1. The molecule has 2 aliphatic rings. The number of carbonyl (C=O) groups is 4. The number of hydrogen-bond donors (Lipinski definition) is 7. The first kappa shape index (κ1) is 57.3. The number of hydrogen-bond acceptors (Lipinski definition) is 12. The molecular formula is C60H73BN10O8. The molecule has 79 heavy (non-hydrogen) atoms. The van der Waals surface area contributed by atoms with Gasteiger partial charge in [-0.05, 0) is 130 Å². The fraction of sp³-hybridized carbons (Fsp3) is 0.400. The number of amidine groups is 2. The normalized spacial score (nSPS) is 17.1. The Morgan fingerprint density at radius 3 is 2.25 bits per heavy atom. The van der Waals surface area contributed by atoms with Crippen LogP contribution < -0.4 is 20.9 Å². The highest BCUT2D eigenvalue weighted by Crippen LogP contribution is 2.46. The molecule has 2 saturated heterocycles. The minimum atomic E-state index is -0.965. The van der Waals surface area contributed by atoms with Crippen molar-refractivity contribution in [3.05, 3.63) is 149 Å². The van der Waals surface area contributed by atoms with E-state index in [1.807, 2.05) is 119 Å². The third-order valence-corrected chi connectivity index (χ3v) is 15.4. The zero-order valence-corrected chi connectivity index (χ0v) is 46.4. The number of likely N-dealkylation sites (N-methyl/N-ethyl adjacent to an activating group) is 1. The monoisotopic (exact) mass is 1070 g/mol. The number of piperidine rings is 1. The number of anilines is 1. The van der Waals surface area contributed by atoms with E-state index in [-0.39, 0.29) is 65.2 Å². The highest BCUT2D eigenvalue weighted by molar-refractivity contribution is 6.48. The summed E-state index contributed by atoms with van der Waals surface area (Å²) in [6.45, 7) is 17.8. The van der Waals surface area contributed by atoms with Crippen molar-refractivity contribution in [2.45, 2.75) is 123 Å². The van der Waals surface area contributed by atoms with E-state index >= 15 is 0 Å². The molecule has 19 heteroatoms. The maximum Gasteiger partial charge on any atom is 0.482 e. The Labute approximate surface area is 462 Å². The second kappa shape index (κ2) is 24.4. The molecule has 414 valence electrons. The number of likely N-dealkylation sites (tertiary alicyclic amines) is 1. The van der Waals surface area contributed by atoms with Gasteiger partial charge in [0, 0.05) is 73.7 Å². The number of aryl methyl sites for hydroxylation is 1. The number of rotatable bonds is 18. The van der Waals surface area contributed by atoms with E-state index in [2.05, 4.69) is 44.3 Å². The molecule has 0 bridgehead atoms. The van der Waals surface area contributed by atoms with Gasteiger partial charge in [-0.3, -0.25) is 39.9 Å². The van der Waals surface area contributed by atoms with Gasteiger partial charge in [-0.25, -0.2) is 4.98 Å². The first-order valence-corrected chi connectivity index (χ1v) is 27.2. The Bertz CT molecular complexity index is 3180. The number of nitrogens with one attached hydrogen (secondary N) is 5. The standard InChI is InChI=1S/C60H73BN10O8/c1-9-65-57(76)54(63)71(53(62)46-34-45(38(4)5)50(72)35-51(46)73)44-19-20-49-42(33-44)24-30-69(49)27-21-39-22-28-70(29-23-39)58(77)41-15-17-43(18-16-41)60(8)59(6,7)78-61(79-60)52(31-37(2)3)68-55(74)47(32-40-13-11-10-12-14-40)67-56(75)48-36-64-25-26-66-48/h10-20,24-26,30,33-39,47,52,62-63,72-73H,9,21-23,27-29,31-32H2,1-8H3,(H,65,76)(H,67,75)(H,68,74)/t47-,52-,60?/m0/s1. The summed E-state index contributed by atoms with van der Waals surface area (Å²) in [5, 5.41) is 48.9. The first-order valence-electron chi connectivity index (χ1n) is 27.2. The van der Waals surface area contributed by atoms with Crippen LogP contribution in [-0.2, 0) is 37.5 Å². The quantitative estimate of drug-likeness (QED) is 0.0244. The van der Waals surface area contributed by atoms with Crippen LogP contribution in [0.5, 0.6) is 11.5 Å². The van der Waals surface area contributed by atoms with Crippen LogP contribution in [0.1, 0.15) is 130 Å². The summed E-state index contributed by atoms with van der Waals surface area (Å²) < 4.78 is 15.7. The topological polar surface area (TPSA) is 248 Å². The number of benzene rings is 4. The predicted octanol–water partition coefficient (Wildman–Crippen LogP) is 8.49. The summed E-state index contributed by atoms with van der Waals surface area (Å²) in [6.07, 6.45) is 9.64.